The molecule has 0 atom stereocenters. The zero-order chi connectivity index (χ0) is 13.7. The fourth-order valence-electron chi connectivity index (χ4n) is 1.47. The number of nitrogens with one attached hydrogen (secondary N) is 1. The van der Waals surface area contributed by atoms with Crippen molar-refractivity contribution in [2.75, 3.05) is 11.9 Å². The summed E-state index contributed by atoms with van der Waals surface area (Å²) < 4.78 is 5.43. The van der Waals surface area contributed by atoms with Gasteiger partial charge in [0.15, 0.2) is 6.61 Å². The summed E-state index contributed by atoms with van der Waals surface area (Å²) in [6, 6.07) is 8.92. The average Bonchev–Trinajstić information content (AvgIpc) is 2.89. The van der Waals surface area contributed by atoms with Crippen LogP contribution in [0.15, 0.2) is 41.1 Å². The van der Waals surface area contributed by atoms with Gasteiger partial charge in [0.1, 0.15) is 10.7 Å². The molecule has 0 saturated heterocycles. The molecule has 1 aromatic carbocycles. The standard InChI is InChI=1S/C13H12N2O2S2/c14-13(18)10-3-1-2-4-11(10)17-7-12(16)15-9-5-6-19-8-9/h1-6,8H,7H2,(H2,14,18)(H,15,16). The first-order valence-corrected chi connectivity index (χ1v) is 6.85. The van der Waals surface area contributed by atoms with Crippen LogP contribution in [-0.2, 0) is 4.79 Å². The molecule has 0 unspecified atom stereocenters. The molecular weight excluding hydrogens is 280 g/mol. The number of thiophene rings is 1. The maximum atomic E-state index is 11.7. The first-order chi connectivity index (χ1) is 9.16. The molecule has 4 nitrogen and oxygen atoms in total. The largest absolute Gasteiger partial charge is 0.483 e. The lowest BCUT2D eigenvalue weighted by Gasteiger charge is -2.10. The van der Waals surface area contributed by atoms with Crippen molar-refractivity contribution in [3.63, 3.8) is 0 Å². The van der Waals surface area contributed by atoms with Gasteiger partial charge in [-0.2, -0.15) is 11.3 Å². The Morgan fingerprint density at radius 2 is 2.16 bits per heavy atom. The summed E-state index contributed by atoms with van der Waals surface area (Å²) in [4.78, 5) is 11.9. The summed E-state index contributed by atoms with van der Waals surface area (Å²) in [6.45, 7) is -0.0878. The second-order valence-corrected chi connectivity index (χ2v) is 4.93. The molecule has 98 valence electrons. The Hall–Kier alpha value is -1.92. The molecule has 0 aliphatic carbocycles. The third-order valence-corrected chi connectivity index (χ3v) is 3.22. The van der Waals surface area contributed by atoms with E-state index in [1.807, 2.05) is 22.9 Å². The van der Waals surface area contributed by atoms with Gasteiger partial charge < -0.3 is 15.8 Å². The van der Waals surface area contributed by atoms with Gasteiger partial charge in [0.05, 0.1) is 11.3 Å². The fraction of sp³-hybridized carbons (Fsp3) is 0.0769. The normalized spacial score (nSPS) is 9.89. The van der Waals surface area contributed by atoms with E-state index in [4.69, 9.17) is 22.7 Å². The van der Waals surface area contributed by atoms with Crippen molar-refractivity contribution in [3.8, 4) is 5.75 Å². The number of amides is 1. The van der Waals surface area contributed by atoms with Crippen LogP contribution in [0.3, 0.4) is 0 Å². The van der Waals surface area contributed by atoms with Gasteiger partial charge in [0, 0.05) is 5.38 Å². The number of carbonyl (C=O) groups is 1. The number of thiocarbonyl (C=S) groups is 1. The lowest BCUT2D eigenvalue weighted by molar-refractivity contribution is -0.118. The highest BCUT2D eigenvalue weighted by Gasteiger charge is 2.08. The maximum absolute atomic E-state index is 11.7. The molecule has 0 saturated carbocycles. The third kappa shape index (κ3) is 3.77. The number of nitrogens with two attached hydrogens (primary N) is 1. The van der Waals surface area contributed by atoms with E-state index in [0.717, 1.165) is 5.69 Å². The number of ether oxygens (including phenoxy) is 1. The predicted octanol–water partition coefficient (Wildman–Crippen LogP) is 2.40. The van der Waals surface area contributed by atoms with Crippen molar-refractivity contribution in [3.05, 3.63) is 46.7 Å². The van der Waals surface area contributed by atoms with Crippen LogP contribution in [0.2, 0.25) is 0 Å². The molecule has 0 radical (unpaired) electrons. The summed E-state index contributed by atoms with van der Waals surface area (Å²) in [6.07, 6.45) is 0. The zero-order valence-corrected chi connectivity index (χ0v) is 11.6. The van der Waals surface area contributed by atoms with Crippen LogP contribution < -0.4 is 15.8 Å². The molecule has 1 aromatic heterocycles. The summed E-state index contributed by atoms with van der Waals surface area (Å²) in [5, 5.41) is 6.46. The summed E-state index contributed by atoms with van der Waals surface area (Å²) in [5.41, 5.74) is 6.97. The molecule has 3 N–H and O–H groups in total. The van der Waals surface area contributed by atoms with Crippen LogP contribution in [0.5, 0.6) is 5.75 Å². The summed E-state index contributed by atoms with van der Waals surface area (Å²) in [7, 11) is 0. The maximum Gasteiger partial charge on any atom is 0.262 e. The topological polar surface area (TPSA) is 64.3 Å². The number of benzene rings is 1. The lowest BCUT2D eigenvalue weighted by atomic mass is 10.2. The Kier molecular flexibility index (Phi) is 4.48. The molecule has 0 bridgehead atoms. The Labute approximate surface area is 120 Å². The molecule has 2 aromatic rings. The minimum atomic E-state index is -0.226. The summed E-state index contributed by atoms with van der Waals surface area (Å²) in [5.74, 6) is 0.284. The molecule has 19 heavy (non-hydrogen) atoms. The van der Waals surface area contributed by atoms with Crippen molar-refractivity contribution >= 4 is 40.1 Å². The van der Waals surface area contributed by atoms with Crippen LogP contribution >= 0.6 is 23.6 Å². The van der Waals surface area contributed by atoms with Gasteiger partial charge in [-0.05, 0) is 23.6 Å². The van der Waals surface area contributed by atoms with Gasteiger partial charge in [-0.15, -0.1) is 0 Å². The van der Waals surface area contributed by atoms with E-state index in [9.17, 15) is 4.79 Å². The second kappa shape index (κ2) is 6.31. The highest BCUT2D eigenvalue weighted by molar-refractivity contribution is 7.80. The van der Waals surface area contributed by atoms with E-state index in [1.165, 1.54) is 11.3 Å². The third-order valence-electron chi connectivity index (χ3n) is 2.32. The SMILES string of the molecule is NC(=S)c1ccccc1OCC(=O)Nc1ccsc1. The molecule has 6 heteroatoms. The monoisotopic (exact) mass is 292 g/mol. The molecule has 2 rings (SSSR count). The van der Waals surface area contributed by atoms with Gasteiger partial charge >= 0.3 is 0 Å². The van der Waals surface area contributed by atoms with Crippen molar-refractivity contribution in [1.82, 2.24) is 0 Å². The minimum Gasteiger partial charge on any atom is -0.483 e. The number of rotatable bonds is 5. The first-order valence-electron chi connectivity index (χ1n) is 5.50. The lowest BCUT2D eigenvalue weighted by Crippen LogP contribution is -2.21. The molecule has 1 heterocycles. The quantitative estimate of drug-likeness (QED) is 0.831. The number of carbonyl (C=O) groups excluding carboxylic acids is 1. The van der Waals surface area contributed by atoms with Crippen LogP contribution in [0.4, 0.5) is 5.69 Å². The van der Waals surface area contributed by atoms with Crippen LogP contribution in [0, 0.1) is 0 Å². The van der Waals surface area contributed by atoms with E-state index in [1.54, 1.807) is 18.2 Å². The van der Waals surface area contributed by atoms with Crippen molar-refractivity contribution in [2.45, 2.75) is 0 Å². The molecular formula is C13H12N2O2S2. The Bertz CT molecular complexity index is 582. The summed E-state index contributed by atoms with van der Waals surface area (Å²) >= 11 is 6.43. The number of para-hydroxylation sites is 1. The van der Waals surface area contributed by atoms with Crippen molar-refractivity contribution in [1.29, 1.82) is 0 Å². The van der Waals surface area contributed by atoms with E-state index in [2.05, 4.69) is 5.32 Å². The van der Waals surface area contributed by atoms with E-state index < -0.39 is 0 Å². The Morgan fingerprint density at radius 3 is 2.84 bits per heavy atom. The highest BCUT2D eigenvalue weighted by Crippen LogP contribution is 2.18. The van der Waals surface area contributed by atoms with Gasteiger partial charge in [0.25, 0.3) is 5.91 Å². The Morgan fingerprint density at radius 1 is 1.37 bits per heavy atom. The molecule has 0 aliphatic heterocycles. The molecule has 1 amide bonds. The van der Waals surface area contributed by atoms with E-state index in [0.29, 0.717) is 11.3 Å². The van der Waals surface area contributed by atoms with E-state index in [-0.39, 0.29) is 17.5 Å². The molecule has 0 aliphatic rings. The molecule has 0 fully saturated rings. The van der Waals surface area contributed by atoms with Gasteiger partial charge in [-0.1, -0.05) is 24.4 Å². The number of hydrogen-bond acceptors (Lipinski definition) is 4. The predicted molar refractivity (Wildman–Crippen MR) is 80.8 cm³/mol. The van der Waals surface area contributed by atoms with Crippen molar-refractivity contribution < 1.29 is 9.53 Å². The minimum absolute atomic E-state index is 0.0878. The first kappa shape index (κ1) is 13.5. The Balaban J connectivity index is 1.95. The van der Waals surface area contributed by atoms with Crippen LogP contribution in [-0.4, -0.2) is 17.5 Å². The fourth-order valence-corrected chi connectivity index (χ4v) is 2.23. The van der Waals surface area contributed by atoms with Crippen LogP contribution in [0.25, 0.3) is 0 Å². The van der Waals surface area contributed by atoms with Gasteiger partial charge in [0.2, 0.25) is 0 Å². The van der Waals surface area contributed by atoms with Gasteiger partial charge in [-0.3, -0.25) is 4.79 Å². The zero-order valence-electron chi connectivity index (χ0n) is 9.96. The van der Waals surface area contributed by atoms with Gasteiger partial charge in [-0.25, -0.2) is 0 Å². The highest BCUT2D eigenvalue weighted by atomic mass is 32.1. The van der Waals surface area contributed by atoms with E-state index >= 15 is 0 Å². The number of anilines is 1. The van der Waals surface area contributed by atoms with Crippen molar-refractivity contribution in [2.24, 2.45) is 5.73 Å². The average molecular weight is 292 g/mol. The molecule has 0 spiro atoms. The van der Waals surface area contributed by atoms with Crippen LogP contribution in [0.1, 0.15) is 5.56 Å². The number of hydrogen-bond donors (Lipinski definition) is 2. The second-order valence-electron chi connectivity index (χ2n) is 3.71. The smallest absolute Gasteiger partial charge is 0.262 e.